The fourth-order valence-electron chi connectivity index (χ4n) is 2.27. The summed E-state index contributed by atoms with van der Waals surface area (Å²) in [5.41, 5.74) is 1.76. The first-order valence-corrected chi connectivity index (χ1v) is 7.63. The summed E-state index contributed by atoms with van der Waals surface area (Å²) in [6.07, 6.45) is 0. The van der Waals surface area contributed by atoms with Gasteiger partial charge in [0.25, 0.3) is 0 Å². The molecule has 0 bridgehead atoms. The maximum Gasteiger partial charge on any atom is 0.132 e. The summed E-state index contributed by atoms with van der Waals surface area (Å²) < 4.78 is 42.0. The smallest absolute Gasteiger partial charge is 0.132 e. The molecule has 0 saturated heterocycles. The maximum absolute atomic E-state index is 14.3. The second-order valence-electron chi connectivity index (χ2n) is 4.83. The van der Waals surface area contributed by atoms with Gasteiger partial charge in [0.15, 0.2) is 0 Å². The van der Waals surface area contributed by atoms with Gasteiger partial charge in [-0.3, -0.25) is 0 Å². The molecule has 4 heteroatoms. The van der Waals surface area contributed by atoms with Crippen LogP contribution in [0, 0.1) is 21.0 Å². The Morgan fingerprint density at radius 1 is 0.591 bits per heavy atom. The molecule has 0 saturated carbocycles. The average molecular weight is 410 g/mol. The Balaban J connectivity index is 2.03. The molecule has 0 unspecified atom stereocenters. The lowest BCUT2D eigenvalue weighted by Crippen LogP contribution is -1.90. The van der Waals surface area contributed by atoms with Gasteiger partial charge in [0.1, 0.15) is 17.5 Å². The summed E-state index contributed by atoms with van der Waals surface area (Å²) >= 11 is 2.02. The third-order valence-electron chi connectivity index (χ3n) is 3.37. The molecule has 0 amide bonds. The van der Waals surface area contributed by atoms with Crippen LogP contribution >= 0.6 is 22.6 Å². The highest BCUT2D eigenvalue weighted by Gasteiger charge is 2.10. The van der Waals surface area contributed by atoms with Crippen molar-refractivity contribution in [1.82, 2.24) is 0 Å². The van der Waals surface area contributed by atoms with Gasteiger partial charge in [-0.15, -0.1) is 0 Å². The molecule has 0 nitrogen and oxygen atoms in total. The molecule has 0 aliphatic carbocycles. The van der Waals surface area contributed by atoms with Crippen molar-refractivity contribution in [3.63, 3.8) is 0 Å². The summed E-state index contributed by atoms with van der Waals surface area (Å²) in [4.78, 5) is 0. The van der Waals surface area contributed by atoms with E-state index in [1.807, 2.05) is 22.6 Å². The van der Waals surface area contributed by atoms with E-state index >= 15 is 0 Å². The van der Waals surface area contributed by atoms with Crippen LogP contribution in [0.2, 0.25) is 0 Å². The standard InChI is InChI=1S/C18H10F3I/c19-13-4-1-11(2-5-13)15-7-3-12(9-17(15)20)16-8-6-14(22)10-18(16)21/h1-10H. The molecule has 0 aromatic heterocycles. The lowest BCUT2D eigenvalue weighted by atomic mass is 9.99. The van der Waals surface area contributed by atoms with Gasteiger partial charge in [-0.05, 0) is 64.0 Å². The predicted molar refractivity (Wildman–Crippen MR) is 89.9 cm³/mol. The van der Waals surface area contributed by atoms with Crippen molar-refractivity contribution in [3.05, 3.63) is 81.7 Å². The van der Waals surface area contributed by atoms with Gasteiger partial charge < -0.3 is 0 Å². The molecule has 0 atom stereocenters. The summed E-state index contributed by atoms with van der Waals surface area (Å²) in [5, 5.41) is 0. The van der Waals surface area contributed by atoms with Crippen LogP contribution in [0.5, 0.6) is 0 Å². The zero-order valence-corrected chi connectivity index (χ0v) is 13.4. The Hall–Kier alpha value is -1.82. The minimum absolute atomic E-state index is 0.352. The van der Waals surface area contributed by atoms with Crippen molar-refractivity contribution >= 4 is 22.6 Å². The molecule has 0 N–H and O–H groups in total. The van der Waals surface area contributed by atoms with Crippen LogP contribution < -0.4 is 0 Å². The van der Waals surface area contributed by atoms with Crippen LogP contribution in [-0.2, 0) is 0 Å². The van der Waals surface area contributed by atoms with E-state index in [9.17, 15) is 13.2 Å². The van der Waals surface area contributed by atoms with Gasteiger partial charge in [-0.1, -0.05) is 30.3 Å². The van der Waals surface area contributed by atoms with E-state index in [1.165, 1.54) is 36.4 Å². The highest BCUT2D eigenvalue weighted by atomic mass is 127. The Bertz CT molecular complexity index is 826. The second kappa shape index (κ2) is 6.12. The number of hydrogen-bond donors (Lipinski definition) is 0. The van der Waals surface area contributed by atoms with E-state index in [0.717, 1.165) is 3.57 Å². The number of halogens is 4. The van der Waals surface area contributed by atoms with Gasteiger partial charge >= 0.3 is 0 Å². The Morgan fingerprint density at radius 2 is 1.14 bits per heavy atom. The van der Waals surface area contributed by atoms with Crippen molar-refractivity contribution in [2.45, 2.75) is 0 Å². The van der Waals surface area contributed by atoms with Crippen molar-refractivity contribution < 1.29 is 13.2 Å². The maximum atomic E-state index is 14.3. The van der Waals surface area contributed by atoms with E-state index in [2.05, 4.69) is 0 Å². The molecular weight excluding hydrogens is 400 g/mol. The van der Waals surface area contributed by atoms with Crippen molar-refractivity contribution in [3.8, 4) is 22.3 Å². The number of rotatable bonds is 2. The van der Waals surface area contributed by atoms with Crippen molar-refractivity contribution in [2.75, 3.05) is 0 Å². The van der Waals surface area contributed by atoms with Gasteiger partial charge in [0.2, 0.25) is 0 Å². The van der Waals surface area contributed by atoms with Crippen LogP contribution in [0.1, 0.15) is 0 Å². The van der Waals surface area contributed by atoms with Gasteiger partial charge in [0.05, 0.1) is 0 Å². The first-order valence-electron chi connectivity index (χ1n) is 6.55. The van der Waals surface area contributed by atoms with E-state index in [4.69, 9.17) is 0 Å². The van der Waals surface area contributed by atoms with E-state index in [1.54, 1.807) is 24.3 Å². The number of benzene rings is 3. The SMILES string of the molecule is Fc1ccc(-c2ccc(-c3ccc(I)cc3F)cc2F)cc1. The zero-order chi connectivity index (χ0) is 15.7. The molecule has 0 fully saturated rings. The summed E-state index contributed by atoms with van der Waals surface area (Å²) in [6, 6.07) is 14.9. The lowest BCUT2D eigenvalue weighted by Gasteiger charge is -2.08. The fourth-order valence-corrected chi connectivity index (χ4v) is 2.72. The molecule has 0 radical (unpaired) electrons. The molecule has 0 aliphatic rings. The highest BCUT2D eigenvalue weighted by molar-refractivity contribution is 14.1. The lowest BCUT2D eigenvalue weighted by molar-refractivity contribution is 0.624. The van der Waals surface area contributed by atoms with Gasteiger partial charge in [-0.2, -0.15) is 0 Å². The van der Waals surface area contributed by atoms with Crippen LogP contribution in [-0.4, -0.2) is 0 Å². The Labute approximate surface area is 139 Å². The summed E-state index contributed by atoms with van der Waals surface area (Å²) in [5.74, 6) is -1.23. The molecule has 3 aromatic rings. The minimum Gasteiger partial charge on any atom is -0.207 e. The quantitative estimate of drug-likeness (QED) is 0.452. The second-order valence-corrected chi connectivity index (χ2v) is 6.07. The van der Waals surface area contributed by atoms with Crippen LogP contribution in [0.3, 0.4) is 0 Å². The molecule has 3 aromatic carbocycles. The third-order valence-corrected chi connectivity index (χ3v) is 4.04. The first kappa shape index (κ1) is 15.1. The summed E-state index contributed by atoms with van der Waals surface area (Å²) in [6.45, 7) is 0. The van der Waals surface area contributed by atoms with Crippen LogP contribution in [0.15, 0.2) is 60.7 Å². The van der Waals surface area contributed by atoms with E-state index in [0.29, 0.717) is 22.3 Å². The molecule has 3 rings (SSSR count). The average Bonchev–Trinajstić information content (AvgIpc) is 2.48. The fraction of sp³-hybridized carbons (Fsp3) is 0. The molecule has 0 aliphatic heterocycles. The third kappa shape index (κ3) is 3.02. The largest absolute Gasteiger partial charge is 0.207 e. The monoisotopic (exact) mass is 410 g/mol. The van der Waals surface area contributed by atoms with Crippen LogP contribution in [0.4, 0.5) is 13.2 Å². The normalized spacial score (nSPS) is 10.7. The van der Waals surface area contributed by atoms with E-state index < -0.39 is 5.82 Å². The molecular formula is C18H10F3I. The topological polar surface area (TPSA) is 0 Å². The first-order chi connectivity index (χ1) is 10.5. The summed E-state index contributed by atoms with van der Waals surface area (Å²) in [7, 11) is 0. The molecule has 22 heavy (non-hydrogen) atoms. The predicted octanol–water partition coefficient (Wildman–Crippen LogP) is 6.04. The zero-order valence-electron chi connectivity index (χ0n) is 11.3. The van der Waals surface area contributed by atoms with E-state index in [-0.39, 0.29) is 11.6 Å². The molecule has 110 valence electrons. The number of hydrogen-bond acceptors (Lipinski definition) is 0. The molecule has 0 spiro atoms. The van der Waals surface area contributed by atoms with Gasteiger partial charge in [-0.25, -0.2) is 13.2 Å². The van der Waals surface area contributed by atoms with Crippen molar-refractivity contribution in [1.29, 1.82) is 0 Å². The Morgan fingerprint density at radius 3 is 1.77 bits per heavy atom. The Kier molecular flexibility index (Phi) is 4.20. The molecule has 0 heterocycles. The van der Waals surface area contributed by atoms with Crippen molar-refractivity contribution in [2.24, 2.45) is 0 Å². The minimum atomic E-state index is -0.470. The highest BCUT2D eigenvalue weighted by Crippen LogP contribution is 2.30. The van der Waals surface area contributed by atoms with Gasteiger partial charge in [0, 0.05) is 14.7 Å². The van der Waals surface area contributed by atoms with Crippen LogP contribution in [0.25, 0.3) is 22.3 Å².